The van der Waals surface area contributed by atoms with Crippen LogP contribution in [0.2, 0.25) is 0 Å². The Morgan fingerprint density at radius 1 is 1.27 bits per heavy atom. The van der Waals surface area contributed by atoms with Gasteiger partial charge in [0.2, 0.25) is 5.71 Å². The molecule has 11 heavy (non-hydrogen) atoms. The number of fused-ring (bicyclic) bond motifs is 1. The fourth-order valence-electron chi connectivity index (χ4n) is 0.903. The van der Waals surface area contributed by atoms with Gasteiger partial charge in [0.1, 0.15) is 0 Å². The molecule has 0 aliphatic rings. The van der Waals surface area contributed by atoms with Crippen LogP contribution in [-0.2, 0) is 0 Å². The molecule has 0 aliphatic carbocycles. The summed E-state index contributed by atoms with van der Waals surface area (Å²) in [4.78, 5) is 14.6. The van der Waals surface area contributed by atoms with Crippen molar-refractivity contribution in [2.75, 3.05) is 0 Å². The zero-order valence-electron chi connectivity index (χ0n) is 5.65. The van der Waals surface area contributed by atoms with Gasteiger partial charge in [-0.05, 0) is 18.2 Å². The van der Waals surface area contributed by atoms with Crippen LogP contribution in [0.4, 0.5) is 0 Å². The molecule has 0 fully saturated rings. The van der Waals surface area contributed by atoms with Gasteiger partial charge >= 0.3 is 5.63 Å². The standard InChI is InChI=1S/C8H5NO2/c10-7-4-3-6-2-1-5-9-8(6)11-7/h1-5H. The van der Waals surface area contributed by atoms with Gasteiger partial charge in [-0.25, -0.2) is 9.78 Å². The van der Waals surface area contributed by atoms with Crippen molar-refractivity contribution in [1.82, 2.24) is 4.98 Å². The van der Waals surface area contributed by atoms with Gasteiger partial charge in [-0.15, -0.1) is 0 Å². The SMILES string of the molecule is O=c1ccc2cccnc2o1. The monoisotopic (exact) mass is 147 g/mol. The topological polar surface area (TPSA) is 43.1 Å². The minimum absolute atomic E-state index is 0.365. The Hall–Kier alpha value is -1.64. The van der Waals surface area contributed by atoms with Gasteiger partial charge in [0.05, 0.1) is 0 Å². The minimum atomic E-state index is -0.365. The maximum absolute atomic E-state index is 10.7. The molecule has 2 aromatic heterocycles. The quantitative estimate of drug-likeness (QED) is 0.562. The summed E-state index contributed by atoms with van der Waals surface area (Å²) in [6.45, 7) is 0. The van der Waals surface area contributed by atoms with Crippen LogP contribution >= 0.6 is 0 Å². The van der Waals surface area contributed by atoms with Crippen LogP contribution < -0.4 is 5.63 Å². The molecule has 2 aromatic rings. The summed E-state index contributed by atoms with van der Waals surface area (Å²) in [6, 6.07) is 6.70. The minimum Gasteiger partial charge on any atom is -0.404 e. The Kier molecular flexibility index (Phi) is 1.22. The van der Waals surface area contributed by atoms with Crippen molar-refractivity contribution in [2.24, 2.45) is 0 Å². The third-order valence-corrected chi connectivity index (χ3v) is 1.40. The number of rotatable bonds is 0. The van der Waals surface area contributed by atoms with Gasteiger partial charge in [-0.2, -0.15) is 0 Å². The first-order valence-electron chi connectivity index (χ1n) is 3.21. The number of aromatic nitrogens is 1. The van der Waals surface area contributed by atoms with Crippen LogP contribution in [0.5, 0.6) is 0 Å². The molecule has 3 nitrogen and oxygen atoms in total. The van der Waals surface area contributed by atoms with E-state index in [4.69, 9.17) is 4.42 Å². The molecule has 0 aromatic carbocycles. The molecule has 0 bridgehead atoms. The molecule has 2 heterocycles. The molecule has 0 atom stereocenters. The molecule has 54 valence electrons. The van der Waals surface area contributed by atoms with Crippen molar-refractivity contribution in [1.29, 1.82) is 0 Å². The first-order valence-corrected chi connectivity index (χ1v) is 3.21. The molecule has 0 amide bonds. The lowest BCUT2D eigenvalue weighted by Crippen LogP contribution is -1.94. The summed E-state index contributed by atoms with van der Waals surface area (Å²) in [7, 11) is 0. The predicted molar refractivity (Wildman–Crippen MR) is 40.3 cm³/mol. The van der Waals surface area contributed by atoms with Crippen LogP contribution in [0.25, 0.3) is 11.1 Å². The van der Waals surface area contributed by atoms with E-state index >= 15 is 0 Å². The van der Waals surface area contributed by atoms with E-state index in [0.29, 0.717) is 5.71 Å². The largest absolute Gasteiger partial charge is 0.404 e. The number of pyridine rings is 1. The van der Waals surface area contributed by atoms with E-state index in [-0.39, 0.29) is 5.63 Å². The van der Waals surface area contributed by atoms with Crippen molar-refractivity contribution in [2.45, 2.75) is 0 Å². The van der Waals surface area contributed by atoms with Crippen molar-refractivity contribution in [3.63, 3.8) is 0 Å². The van der Waals surface area contributed by atoms with Crippen molar-refractivity contribution in [3.05, 3.63) is 40.9 Å². The van der Waals surface area contributed by atoms with E-state index in [1.54, 1.807) is 18.3 Å². The molecule has 2 rings (SSSR count). The Labute approximate surface area is 62.3 Å². The van der Waals surface area contributed by atoms with Crippen LogP contribution in [0, 0.1) is 0 Å². The fourth-order valence-corrected chi connectivity index (χ4v) is 0.903. The molecule has 0 saturated carbocycles. The molecule has 0 N–H and O–H groups in total. The van der Waals surface area contributed by atoms with Gasteiger partial charge in [-0.1, -0.05) is 0 Å². The first kappa shape index (κ1) is 6.09. The Morgan fingerprint density at radius 3 is 3.09 bits per heavy atom. The summed E-state index contributed by atoms with van der Waals surface area (Å²) >= 11 is 0. The molecular weight excluding hydrogens is 142 g/mol. The second-order valence-corrected chi connectivity index (χ2v) is 2.15. The summed E-state index contributed by atoms with van der Waals surface area (Å²) in [5, 5.41) is 0.840. The van der Waals surface area contributed by atoms with Crippen LogP contribution in [0.1, 0.15) is 0 Å². The van der Waals surface area contributed by atoms with E-state index in [9.17, 15) is 4.79 Å². The Bertz CT molecular complexity index is 433. The highest BCUT2D eigenvalue weighted by atomic mass is 16.4. The Morgan fingerprint density at radius 2 is 2.18 bits per heavy atom. The molecule has 3 heteroatoms. The number of nitrogens with zero attached hydrogens (tertiary/aromatic N) is 1. The average molecular weight is 147 g/mol. The molecule has 0 aliphatic heterocycles. The van der Waals surface area contributed by atoms with E-state index in [2.05, 4.69) is 4.98 Å². The smallest absolute Gasteiger partial charge is 0.337 e. The molecule has 0 spiro atoms. The molecular formula is C8H5NO2. The summed E-state index contributed by atoms with van der Waals surface area (Å²) in [5.74, 6) is 0. The van der Waals surface area contributed by atoms with Gasteiger partial charge < -0.3 is 4.42 Å². The second-order valence-electron chi connectivity index (χ2n) is 2.15. The van der Waals surface area contributed by atoms with E-state index < -0.39 is 0 Å². The van der Waals surface area contributed by atoms with Crippen molar-refractivity contribution in [3.8, 4) is 0 Å². The van der Waals surface area contributed by atoms with E-state index in [1.807, 2.05) is 6.07 Å². The summed E-state index contributed by atoms with van der Waals surface area (Å²) in [6.07, 6.45) is 1.59. The number of hydrogen-bond acceptors (Lipinski definition) is 3. The molecule has 0 radical (unpaired) electrons. The van der Waals surface area contributed by atoms with Gasteiger partial charge in [0, 0.05) is 17.6 Å². The average Bonchev–Trinajstić information content (AvgIpc) is 2.04. The Balaban J connectivity index is 2.94. The second kappa shape index (κ2) is 2.20. The lowest BCUT2D eigenvalue weighted by atomic mass is 10.3. The van der Waals surface area contributed by atoms with Gasteiger partial charge in [0.15, 0.2) is 0 Å². The van der Waals surface area contributed by atoms with Crippen LogP contribution in [0.3, 0.4) is 0 Å². The third-order valence-electron chi connectivity index (χ3n) is 1.40. The van der Waals surface area contributed by atoms with Gasteiger partial charge in [-0.3, -0.25) is 0 Å². The highest BCUT2D eigenvalue weighted by Crippen LogP contribution is 2.05. The van der Waals surface area contributed by atoms with Gasteiger partial charge in [0.25, 0.3) is 0 Å². The lowest BCUT2D eigenvalue weighted by molar-refractivity contribution is 0.549. The zero-order valence-corrected chi connectivity index (χ0v) is 5.65. The maximum atomic E-state index is 10.7. The van der Waals surface area contributed by atoms with E-state index in [1.165, 1.54) is 6.07 Å². The maximum Gasteiger partial charge on any atom is 0.337 e. The highest BCUT2D eigenvalue weighted by molar-refractivity contribution is 5.71. The normalized spacial score (nSPS) is 10.2. The van der Waals surface area contributed by atoms with Crippen LogP contribution in [-0.4, -0.2) is 4.98 Å². The van der Waals surface area contributed by atoms with Crippen molar-refractivity contribution < 1.29 is 4.42 Å². The fraction of sp³-hybridized carbons (Fsp3) is 0. The summed E-state index contributed by atoms with van der Waals surface area (Å²) in [5.41, 5.74) is 0.0243. The van der Waals surface area contributed by atoms with Crippen LogP contribution in [0.15, 0.2) is 39.7 Å². The lowest BCUT2D eigenvalue weighted by Gasteiger charge is -1.90. The van der Waals surface area contributed by atoms with Crippen molar-refractivity contribution >= 4 is 11.1 Å². The number of hydrogen-bond donors (Lipinski definition) is 0. The molecule has 0 saturated heterocycles. The zero-order chi connectivity index (χ0) is 7.68. The summed E-state index contributed by atoms with van der Waals surface area (Å²) < 4.78 is 4.79. The highest BCUT2D eigenvalue weighted by Gasteiger charge is 1.93. The van der Waals surface area contributed by atoms with E-state index in [0.717, 1.165) is 5.39 Å². The predicted octanol–water partition coefficient (Wildman–Crippen LogP) is 1.19. The first-order chi connectivity index (χ1) is 5.36. The molecule has 0 unspecified atom stereocenters. The third kappa shape index (κ3) is 1.00.